The molecule has 2 heterocycles. The number of hydrogen-bond acceptors (Lipinski definition) is 3. The van der Waals surface area contributed by atoms with Crippen LogP contribution in [0.25, 0.3) is 6.08 Å². The van der Waals surface area contributed by atoms with Crippen molar-refractivity contribution in [1.29, 1.82) is 0 Å². The van der Waals surface area contributed by atoms with Gasteiger partial charge in [0.15, 0.2) is 5.78 Å². The molecule has 0 aliphatic heterocycles. The summed E-state index contributed by atoms with van der Waals surface area (Å²) in [6.07, 6.45) is 6.49. The minimum atomic E-state index is -0.120. The maximum atomic E-state index is 12.3. The molecule has 0 radical (unpaired) electrons. The second-order valence-corrected chi connectivity index (χ2v) is 6.65. The van der Waals surface area contributed by atoms with Crippen LogP contribution in [0.3, 0.4) is 0 Å². The lowest BCUT2D eigenvalue weighted by Gasteiger charge is -2.03. The lowest BCUT2D eigenvalue weighted by molar-refractivity contribution is 0.104. The van der Waals surface area contributed by atoms with E-state index >= 15 is 0 Å². The van der Waals surface area contributed by atoms with Crippen molar-refractivity contribution in [1.82, 2.24) is 19.6 Å². The Labute approximate surface area is 161 Å². The molecule has 0 fully saturated rings. The zero-order chi connectivity index (χ0) is 18.7. The fourth-order valence-electron chi connectivity index (χ4n) is 2.54. The third-order valence-corrected chi connectivity index (χ3v) is 4.65. The molecule has 0 amide bonds. The molecule has 2 aromatic heterocycles. The second kappa shape index (κ2) is 7.89. The number of hydrogen-bond donors (Lipinski definition) is 0. The van der Waals surface area contributed by atoms with Gasteiger partial charge in [-0.15, -0.1) is 0 Å². The normalized spacial score (nSPS) is 11.4. The standard InChI is InChI=1S/C19H18Cl2N4O/c1-3-24-12-15(10-22-24)18(26)9-8-17-13(2)23-25(19(17)21)11-14-4-6-16(20)7-5-14/h4-10,12H,3,11H2,1-2H3/b9-8+. The highest BCUT2D eigenvalue weighted by Crippen LogP contribution is 2.23. The summed E-state index contributed by atoms with van der Waals surface area (Å²) >= 11 is 12.4. The Hall–Kier alpha value is -2.37. The van der Waals surface area contributed by atoms with Crippen LogP contribution in [-0.4, -0.2) is 25.3 Å². The van der Waals surface area contributed by atoms with Gasteiger partial charge in [-0.3, -0.25) is 9.48 Å². The van der Waals surface area contributed by atoms with Gasteiger partial charge in [0.2, 0.25) is 0 Å². The van der Waals surface area contributed by atoms with Gasteiger partial charge in [0.25, 0.3) is 0 Å². The number of allylic oxidation sites excluding steroid dienone is 1. The summed E-state index contributed by atoms with van der Waals surface area (Å²) in [5, 5.41) is 9.76. The van der Waals surface area contributed by atoms with Gasteiger partial charge in [-0.2, -0.15) is 10.2 Å². The lowest BCUT2D eigenvalue weighted by Crippen LogP contribution is -2.01. The van der Waals surface area contributed by atoms with Crippen LogP contribution in [0.4, 0.5) is 0 Å². The number of halogens is 2. The number of aromatic nitrogens is 4. The molecular weight excluding hydrogens is 371 g/mol. The summed E-state index contributed by atoms with van der Waals surface area (Å²) in [5.41, 5.74) is 3.08. The van der Waals surface area contributed by atoms with Crippen molar-refractivity contribution in [2.24, 2.45) is 0 Å². The van der Waals surface area contributed by atoms with Gasteiger partial charge >= 0.3 is 0 Å². The molecule has 3 rings (SSSR count). The summed E-state index contributed by atoms with van der Waals surface area (Å²) in [6.45, 7) is 5.08. The number of carbonyl (C=O) groups excluding carboxylic acids is 1. The van der Waals surface area contributed by atoms with Crippen molar-refractivity contribution in [2.75, 3.05) is 0 Å². The molecule has 0 atom stereocenters. The van der Waals surface area contributed by atoms with Gasteiger partial charge in [-0.25, -0.2) is 4.68 Å². The average molecular weight is 389 g/mol. The third kappa shape index (κ3) is 4.06. The first-order valence-electron chi connectivity index (χ1n) is 8.20. The van der Waals surface area contributed by atoms with Crippen LogP contribution in [0.1, 0.15) is 34.1 Å². The Kier molecular flexibility index (Phi) is 5.59. The van der Waals surface area contributed by atoms with Crippen molar-refractivity contribution in [3.8, 4) is 0 Å². The van der Waals surface area contributed by atoms with Crippen LogP contribution in [0, 0.1) is 6.92 Å². The van der Waals surface area contributed by atoms with E-state index in [0.717, 1.165) is 23.4 Å². The largest absolute Gasteiger partial charge is 0.289 e. The fraction of sp³-hybridized carbons (Fsp3) is 0.211. The Morgan fingerprint density at radius 1 is 1.23 bits per heavy atom. The van der Waals surface area contributed by atoms with Crippen LogP contribution in [-0.2, 0) is 13.1 Å². The summed E-state index contributed by atoms with van der Waals surface area (Å²) in [7, 11) is 0. The lowest BCUT2D eigenvalue weighted by atomic mass is 10.2. The van der Waals surface area contributed by atoms with Crippen molar-refractivity contribution in [3.05, 3.63) is 75.3 Å². The van der Waals surface area contributed by atoms with Crippen molar-refractivity contribution in [2.45, 2.75) is 26.9 Å². The highest BCUT2D eigenvalue weighted by Gasteiger charge is 2.12. The molecule has 0 aliphatic rings. The summed E-state index contributed by atoms with van der Waals surface area (Å²) < 4.78 is 3.42. The van der Waals surface area contributed by atoms with Gasteiger partial charge in [-0.1, -0.05) is 35.3 Å². The van der Waals surface area contributed by atoms with E-state index in [9.17, 15) is 4.79 Å². The van der Waals surface area contributed by atoms with E-state index in [0.29, 0.717) is 22.3 Å². The van der Waals surface area contributed by atoms with Gasteiger partial charge in [0.1, 0.15) is 5.15 Å². The number of ketones is 1. The number of benzene rings is 1. The number of aryl methyl sites for hydroxylation is 2. The molecule has 1 aromatic carbocycles. The summed E-state index contributed by atoms with van der Waals surface area (Å²) in [5.74, 6) is -0.120. The molecule has 26 heavy (non-hydrogen) atoms. The van der Waals surface area contributed by atoms with Crippen LogP contribution >= 0.6 is 23.2 Å². The molecule has 0 bridgehead atoms. The van der Waals surface area contributed by atoms with Gasteiger partial charge in [0.05, 0.1) is 24.0 Å². The zero-order valence-corrected chi connectivity index (χ0v) is 16.0. The second-order valence-electron chi connectivity index (χ2n) is 5.86. The van der Waals surface area contributed by atoms with E-state index in [1.165, 1.54) is 6.08 Å². The molecule has 0 saturated carbocycles. The first-order valence-corrected chi connectivity index (χ1v) is 8.95. The molecule has 0 N–H and O–H groups in total. The van der Waals surface area contributed by atoms with Crippen LogP contribution in [0.2, 0.25) is 10.2 Å². The predicted octanol–water partition coefficient (Wildman–Crippen LogP) is 4.66. The molecule has 3 aromatic rings. The Bertz CT molecular complexity index is 955. The quantitative estimate of drug-likeness (QED) is 0.455. The van der Waals surface area contributed by atoms with Crippen molar-refractivity contribution >= 4 is 35.1 Å². The Morgan fingerprint density at radius 3 is 2.62 bits per heavy atom. The molecule has 0 aliphatic carbocycles. The SMILES string of the molecule is CCn1cc(C(=O)/C=C/c2c(C)nn(Cc3ccc(Cl)cc3)c2Cl)cn1. The Morgan fingerprint density at radius 2 is 1.96 bits per heavy atom. The molecule has 0 spiro atoms. The first-order chi connectivity index (χ1) is 12.5. The van der Waals surface area contributed by atoms with Gasteiger partial charge in [0, 0.05) is 23.3 Å². The van der Waals surface area contributed by atoms with Crippen molar-refractivity contribution in [3.63, 3.8) is 0 Å². The number of carbonyl (C=O) groups is 1. The van der Waals surface area contributed by atoms with E-state index in [4.69, 9.17) is 23.2 Å². The smallest absolute Gasteiger partial charge is 0.189 e. The van der Waals surface area contributed by atoms with Crippen LogP contribution in [0.15, 0.2) is 42.7 Å². The van der Waals surface area contributed by atoms with E-state index in [1.54, 1.807) is 27.8 Å². The maximum Gasteiger partial charge on any atom is 0.189 e. The van der Waals surface area contributed by atoms with E-state index in [-0.39, 0.29) is 5.78 Å². The molecular formula is C19H18Cl2N4O. The third-order valence-electron chi connectivity index (χ3n) is 4.00. The topological polar surface area (TPSA) is 52.7 Å². The average Bonchev–Trinajstić information content (AvgIpc) is 3.21. The summed E-state index contributed by atoms with van der Waals surface area (Å²) in [4.78, 5) is 12.3. The monoisotopic (exact) mass is 388 g/mol. The highest BCUT2D eigenvalue weighted by atomic mass is 35.5. The Balaban J connectivity index is 1.78. The molecule has 134 valence electrons. The fourth-order valence-corrected chi connectivity index (χ4v) is 2.97. The predicted molar refractivity (Wildman–Crippen MR) is 104 cm³/mol. The van der Waals surface area contributed by atoms with E-state index < -0.39 is 0 Å². The molecule has 5 nitrogen and oxygen atoms in total. The van der Waals surface area contributed by atoms with Crippen LogP contribution < -0.4 is 0 Å². The van der Waals surface area contributed by atoms with Crippen LogP contribution in [0.5, 0.6) is 0 Å². The molecule has 0 unspecified atom stereocenters. The van der Waals surface area contributed by atoms with Gasteiger partial charge in [-0.05, 0) is 43.7 Å². The first kappa shape index (κ1) is 18.4. The molecule has 7 heteroatoms. The maximum absolute atomic E-state index is 12.3. The number of rotatable bonds is 6. The minimum absolute atomic E-state index is 0.120. The van der Waals surface area contributed by atoms with Crippen molar-refractivity contribution < 1.29 is 4.79 Å². The van der Waals surface area contributed by atoms with E-state index in [1.807, 2.05) is 38.1 Å². The minimum Gasteiger partial charge on any atom is -0.289 e. The highest BCUT2D eigenvalue weighted by molar-refractivity contribution is 6.31. The summed E-state index contributed by atoms with van der Waals surface area (Å²) in [6, 6.07) is 7.52. The zero-order valence-electron chi connectivity index (χ0n) is 14.5. The van der Waals surface area contributed by atoms with E-state index in [2.05, 4.69) is 10.2 Å². The molecule has 0 saturated heterocycles. The number of nitrogens with zero attached hydrogens (tertiary/aromatic N) is 4. The van der Waals surface area contributed by atoms with Gasteiger partial charge < -0.3 is 0 Å².